The Kier molecular flexibility index (Phi) is 5.08. The molecular weight excluding hydrogens is 314 g/mol. The van der Waals surface area contributed by atoms with Crippen LogP contribution in [0, 0.1) is 6.92 Å². The molecule has 1 aromatic heterocycles. The average molecular weight is 328 g/mol. The number of halogens is 1. The number of hydrogen-bond donors (Lipinski definition) is 1. The van der Waals surface area contributed by atoms with Gasteiger partial charge in [-0.05, 0) is 30.7 Å². The molecule has 0 saturated carbocycles. The summed E-state index contributed by atoms with van der Waals surface area (Å²) < 4.78 is 7.41. The Balaban J connectivity index is 2.02. The first kappa shape index (κ1) is 15.7. The molecule has 2 aromatic rings. The zero-order valence-electron chi connectivity index (χ0n) is 11.5. The Morgan fingerprint density at radius 1 is 1.48 bits per heavy atom. The number of hydrogen-bond acceptors (Lipinski definition) is 5. The van der Waals surface area contributed by atoms with E-state index in [9.17, 15) is 4.79 Å². The lowest BCUT2D eigenvalue weighted by molar-refractivity contribution is -0.133. The molecule has 8 heteroatoms. The van der Waals surface area contributed by atoms with Crippen molar-refractivity contribution in [2.45, 2.75) is 18.7 Å². The van der Waals surface area contributed by atoms with Crippen molar-refractivity contribution < 1.29 is 14.6 Å². The first-order valence-electron chi connectivity index (χ1n) is 6.09. The fourth-order valence-electron chi connectivity index (χ4n) is 1.64. The SMILES string of the molecule is Cc1cc(Cl)ccc1OCc1nnc(SCC(=O)O)n1C. The molecule has 0 saturated heterocycles. The lowest BCUT2D eigenvalue weighted by Gasteiger charge is -2.09. The summed E-state index contributed by atoms with van der Waals surface area (Å²) in [5.41, 5.74) is 0.935. The monoisotopic (exact) mass is 327 g/mol. The summed E-state index contributed by atoms with van der Waals surface area (Å²) in [5, 5.41) is 17.8. The molecule has 0 aliphatic heterocycles. The van der Waals surface area contributed by atoms with Crippen LogP contribution < -0.4 is 4.74 Å². The maximum absolute atomic E-state index is 10.6. The van der Waals surface area contributed by atoms with Crippen LogP contribution >= 0.6 is 23.4 Å². The maximum Gasteiger partial charge on any atom is 0.313 e. The number of benzene rings is 1. The van der Waals surface area contributed by atoms with Crippen molar-refractivity contribution in [1.82, 2.24) is 14.8 Å². The lowest BCUT2D eigenvalue weighted by Crippen LogP contribution is -2.06. The summed E-state index contributed by atoms with van der Waals surface area (Å²) in [4.78, 5) is 10.6. The molecule has 2 rings (SSSR count). The van der Waals surface area contributed by atoms with E-state index >= 15 is 0 Å². The number of thioether (sulfide) groups is 1. The highest BCUT2D eigenvalue weighted by Gasteiger charge is 2.12. The summed E-state index contributed by atoms with van der Waals surface area (Å²) in [7, 11) is 1.78. The van der Waals surface area contributed by atoms with Crippen LogP contribution in [0.2, 0.25) is 5.02 Å². The third-order valence-corrected chi connectivity index (χ3v) is 3.98. The number of aliphatic carboxylic acids is 1. The van der Waals surface area contributed by atoms with Gasteiger partial charge in [0.1, 0.15) is 12.4 Å². The van der Waals surface area contributed by atoms with E-state index in [4.69, 9.17) is 21.4 Å². The summed E-state index contributed by atoms with van der Waals surface area (Å²) in [6.07, 6.45) is 0. The van der Waals surface area contributed by atoms with E-state index in [0.29, 0.717) is 16.0 Å². The Morgan fingerprint density at radius 2 is 2.24 bits per heavy atom. The van der Waals surface area contributed by atoms with Gasteiger partial charge in [0.05, 0.1) is 5.75 Å². The molecule has 1 N–H and O–H groups in total. The number of carbonyl (C=O) groups is 1. The number of carboxylic acids is 1. The summed E-state index contributed by atoms with van der Waals surface area (Å²) in [6, 6.07) is 5.38. The second-order valence-electron chi connectivity index (χ2n) is 4.34. The van der Waals surface area contributed by atoms with Crippen LogP contribution in [0.15, 0.2) is 23.4 Å². The van der Waals surface area contributed by atoms with Gasteiger partial charge < -0.3 is 14.4 Å². The number of rotatable bonds is 6. The Hall–Kier alpha value is -1.73. The number of ether oxygens (including phenoxy) is 1. The van der Waals surface area contributed by atoms with E-state index in [1.807, 2.05) is 13.0 Å². The molecular formula is C13H14ClN3O3S. The highest BCUT2D eigenvalue weighted by Crippen LogP contribution is 2.23. The first-order valence-corrected chi connectivity index (χ1v) is 7.45. The molecule has 0 aliphatic rings. The predicted octanol–water partition coefficient (Wildman–Crippen LogP) is 2.53. The second kappa shape index (κ2) is 6.82. The van der Waals surface area contributed by atoms with E-state index in [1.54, 1.807) is 23.7 Å². The molecule has 0 radical (unpaired) electrons. The topological polar surface area (TPSA) is 77.2 Å². The van der Waals surface area contributed by atoms with Gasteiger partial charge in [-0.2, -0.15) is 0 Å². The van der Waals surface area contributed by atoms with E-state index in [2.05, 4.69) is 10.2 Å². The summed E-state index contributed by atoms with van der Waals surface area (Å²) in [5.74, 6) is 0.403. The Bertz CT molecular complexity index is 660. The van der Waals surface area contributed by atoms with Gasteiger partial charge in [0.25, 0.3) is 0 Å². The molecule has 112 valence electrons. The molecule has 6 nitrogen and oxygen atoms in total. The number of aryl methyl sites for hydroxylation is 1. The summed E-state index contributed by atoms with van der Waals surface area (Å²) in [6.45, 7) is 2.16. The van der Waals surface area contributed by atoms with Gasteiger partial charge in [0.2, 0.25) is 0 Å². The summed E-state index contributed by atoms with van der Waals surface area (Å²) >= 11 is 7.01. The van der Waals surface area contributed by atoms with Crippen molar-refractivity contribution in [3.05, 3.63) is 34.6 Å². The second-order valence-corrected chi connectivity index (χ2v) is 5.72. The zero-order valence-corrected chi connectivity index (χ0v) is 13.1. The fourth-order valence-corrected chi connectivity index (χ4v) is 2.52. The molecule has 0 amide bonds. The quantitative estimate of drug-likeness (QED) is 0.821. The minimum Gasteiger partial charge on any atom is -0.485 e. The van der Waals surface area contributed by atoms with Crippen LogP contribution in [-0.2, 0) is 18.4 Å². The van der Waals surface area contributed by atoms with Crippen LogP contribution in [0.4, 0.5) is 0 Å². The molecule has 0 spiro atoms. The van der Waals surface area contributed by atoms with Crippen LogP contribution in [0.1, 0.15) is 11.4 Å². The van der Waals surface area contributed by atoms with Crippen molar-refractivity contribution in [1.29, 1.82) is 0 Å². The largest absolute Gasteiger partial charge is 0.485 e. The van der Waals surface area contributed by atoms with E-state index in [1.165, 1.54) is 0 Å². The first-order chi connectivity index (χ1) is 9.97. The predicted molar refractivity (Wildman–Crippen MR) is 79.9 cm³/mol. The normalized spacial score (nSPS) is 10.6. The van der Waals surface area contributed by atoms with Crippen LogP contribution in [0.25, 0.3) is 0 Å². The minimum absolute atomic E-state index is 0.0525. The van der Waals surface area contributed by atoms with Crippen LogP contribution in [0.5, 0.6) is 5.75 Å². The van der Waals surface area contributed by atoms with Gasteiger partial charge in [0.15, 0.2) is 11.0 Å². The Morgan fingerprint density at radius 3 is 2.90 bits per heavy atom. The third kappa shape index (κ3) is 4.12. The van der Waals surface area contributed by atoms with E-state index in [0.717, 1.165) is 23.1 Å². The van der Waals surface area contributed by atoms with Crippen molar-refractivity contribution in [3.63, 3.8) is 0 Å². The number of nitrogens with zero attached hydrogens (tertiary/aromatic N) is 3. The highest BCUT2D eigenvalue weighted by atomic mass is 35.5. The van der Waals surface area contributed by atoms with Crippen LogP contribution in [0.3, 0.4) is 0 Å². The number of aromatic nitrogens is 3. The molecule has 0 fully saturated rings. The van der Waals surface area contributed by atoms with Gasteiger partial charge >= 0.3 is 5.97 Å². The fraction of sp³-hybridized carbons (Fsp3) is 0.308. The minimum atomic E-state index is -0.891. The smallest absolute Gasteiger partial charge is 0.313 e. The van der Waals surface area contributed by atoms with Gasteiger partial charge in [-0.15, -0.1) is 10.2 Å². The molecule has 21 heavy (non-hydrogen) atoms. The van der Waals surface area contributed by atoms with Gasteiger partial charge in [-0.25, -0.2) is 0 Å². The van der Waals surface area contributed by atoms with E-state index < -0.39 is 5.97 Å². The molecule has 0 bridgehead atoms. The molecule has 1 heterocycles. The van der Waals surface area contributed by atoms with Gasteiger partial charge in [-0.3, -0.25) is 4.79 Å². The highest BCUT2D eigenvalue weighted by molar-refractivity contribution is 7.99. The Labute approximate surface area is 131 Å². The molecule has 0 aliphatic carbocycles. The molecule has 0 atom stereocenters. The van der Waals surface area contributed by atoms with Crippen LogP contribution in [-0.4, -0.2) is 31.6 Å². The molecule has 0 unspecified atom stereocenters. The zero-order chi connectivity index (χ0) is 15.4. The van der Waals surface area contributed by atoms with Gasteiger partial charge in [0, 0.05) is 12.1 Å². The maximum atomic E-state index is 10.6. The van der Waals surface area contributed by atoms with E-state index in [-0.39, 0.29) is 12.4 Å². The van der Waals surface area contributed by atoms with Crippen molar-refractivity contribution in [2.75, 3.05) is 5.75 Å². The van der Waals surface area contributed by atoms with Gasteiger partial charge in [-0.1, -0.05) is 23.4 Å². The van der Waals surface area contributed by atoms with Crippen molar-refractivity contribution in [3.8, 4) is 5.75 Å². The average Bonchev–Trinajstić information content (AvgIpc) is 2.76. The molecule has 1 aromatic carbocycles. The van der Waals surface area contributed by atoms with Crippen molar-refractivity contribution in [2.24, 2.45) is 7.05 Å². The van der Waals surface area contributed by atoms with Crippen molar-refractivity contribution >= 4 is 29.3 Å². The third-order valence-electron chi connectivity index (χ3n) is 2.74. The standard InChI is InChI=1S/C13H14ClN3O3S/c1-8-5-9(14)3-4-10(8)20-6-11-15-16-13(17(11)2)21-7-12(18)19/h3-5H,6-7H2,1-2H3,(H,18,19). The lowest BCUT2D eigenvalue weighted by atomic mass is 10.2. The number of carboxylic acid groups (broad SMARTS) is 1.